The third kappa shape index (κ3) is 11.8. The van der Waals surface area contributed by atoms with Gasteiger partial charge in [-0.3, -0.25) is 24.0 Å². The van der Waals surface area contributed by atoms with Gasteiger partial charge in [-0.1, -0.05) is 157 Å². The lowest BCUT2D eigenvalue weighted by molar-refractivity contribution is -0.177. The Morgan fingerprint density at radius 1 is 0.788 bits per heavy atom. The summed E-state index contributed by atoms with van der Waals surface area (Å²) in [6.45, 7) is 5.98. The van der Waals surface area contributed by atoms with Crippen molar-refractivity contribution in [3.8, 4) is 0 Å². The maximum atomic E-state index is 14.9. The van der Waals surface area contributed by atoms with Gasteiger partial charge in [-0.15, -0.1) is 0 Å². The Morgan fingerprint density at radius 3 is 1.94 bits per heavy atom. The number of hydrogen-bond acceptors (Lipinski definition) is 6. The summed E-state index contributed by atoms with van der Waals surface area (Å²) in [4.78, 5) is 73.7. The number of alkyl halides is 3. The Kier molecular flexibility index (Phi) is 17.4. The molecule has 2 N–H and O–H groups in total. The first-order valence-electron chi connectivity index (χ1n) is 24.0. The van der Waals surface area contributed by atoms with Crippen LogP contribution in [0.5, 0.6) is 0 Å². The Bertz CT molecular complexity index is 2110. The Morgan fingerprint density at radius 2 is 1.36 bits per heavy atom. The molecule has 4 amide bonds. The molecule has 10 nitrogen and oxygen atoms in total. The first kappa shape index (κ1) is 50.5. The van der Waals surface area contributed by atoms with Crippen molar-refractivity contribution in [2.75, 3.05) is 19.6 Å². The molecule has 3 aromatic carbocycles. The molecule has 1 heterocycles. The summed E-state index contributed by atoms with van der Waals surface area (Å²) in [5.41, 5.74) is -0.500. The molecule has 14 heteroatoms. The smallest absolute Gasteiger partial charge is 0.444 e. The number of rotatable bonds is 16. The van der Waals surface area contributed by atoms with Gasteiger partial charge >= 0.3 is 18.1 Å². The van der Waals surface area contributed by atoms with Crippen LogP contribution in [0.15, 0.2) is 78.9 Å². The minimum atomic E-state index is -5.22. The largest absolute Gasteiger partial charge is 0.471 e. The second-order valence-corrected chi connectivity index (χ2v) is 19.2. The van der Waals surface area contributed by atoms with Crippen LogP contribution in [-0.2, 0) is 34.3 Å². The number of carbonyl (C=O) groups excluding carboxylic acids is 5. The SMILES string of the molecule is CCCN(C(=O)C1(NC(=O)C(F)(F)F)CCCC1)[C@H](C(=O)N[C@@H](CC(=O)OC(c1ccccc1)(c1ccc(C2CCCCCCCC2)cc1)c1ccccc1Cl)C(=O)N1CCCC1)C(C)C. The van der Waals surface area contributed by atoms with Gasteiger partial charge in [0.15, 0.2) is 5.60 Å². The monoisotopic (exact) mass is 934 g/mol. The van der Waals surface area contributed by atoms with E-state index in [2.05, 4.69) is 17.4 Å². The van der Waals surface area contributed by atoms with Crippen molar-refractivity contribution in [2.24, 2.45) is 5.92 Å². The summed E-state index contributed by atoms with van der Waals surface area (Å²) in [5.74, 6) is -5.27. The number of hydrogen-bond donors (Lipinski definition) is 2. The highest BCUT2D eigenvalue weighted by Crippen LogP contribution is 2.45. The van der Waals surface area contributed by atoms with Gasteiger partial charge in [-0.25, -0.2) is 0 Å². The predicted molar refractivity (Wildman–Crippen MR) is 248 cm³/mol. The summed E-state index contributed by atoms with van der Waals surface area (Å²) in [6.07, 6.45) is 6.22. The van der Waals surface area contributed by atoms with Crippen molar-refractivity contribution < 1.29 is 41.9 Å². The molecule has 3 aliphatic rings. The molecule has 2 saturated carbocycles. The molecule has 358 valence electrons. The van der Waals surface area contributed by atoms with E-state index in [1.54, 1.807) is 37.8 Å². The zero-order valence-electron chi connectivity index (χ0n) is 38.6. The fourth-order valence-corrected chi connectivity index (χ4v) is 10.6. The van der Waals surface area contributed by atoms with Crippen LogP contribution in [0.3, 0.4) is 0 Å². The van der Waals surface area contributed by atoms with Gasteiger partial charge in [0.1, 0.15) is 17.6 Å². The summed E-state index contributed by atoms with van der Waals surface area (Å²) >= 11 is 7.04. The number of esters is 1. The van der Waals surface area contributed by atoms with Crippen LogP contribution in [0.25, 0.3) is 0 Å². The van der Waals surface area contributed by atoms with Crippen molar-refractivity contribution in [1.82, 2.24) is 20.4 Å². The number of benzene rings is 3. The average molecular weight is 936 g/mol. The van der Waals surface area contributed by atoms with E-state index < -0.39 is 71.3 Å². The van der Waals surface area contributed by atoms with Crippen molar-refractivity contribution in [1.29, 1.82) is 0 Å². The third-order valence-corrected chi connectivity index (χ3v) is 14.0. The maximum absolute atomic E-state index is 14.9. The van der Waals surface area contributed by atoms with Gasteiger partial charge in [-0.05, 0) is 68.4 Å². The summed E-state index contributed by atoms with van der Waals surface area (Å²) in [6, 6.07) is 21.9. The van der Waals surface area contributed by atoms with Gasteiger partial charge in [-0.2, -0.15) is 13.2 Å². The lowest BCUT2D eigenvalue weighted by Crippen LogP contribution is -2.65. The van der Waals surface area contributed by atoms with E-state index in [9.17, 15) is 37.1 Å². The highest BCUT2D eigenvalue weighted by atomic mass is 35.5. The third-order valence-electron chi connectivity index (χ3n) is 13.7. The second-order valence-electron chi connectivity index (χ2n) is 18.7. The van der Waals surface area contributed by atoms with Crippen LogP contribution in [0, 0.1) is 5.92 Å². The standard InChI is InChI=1S/C52H66ClF3N4O6/c1-4-32-60(49(65)50(30-16-17-31-50)58-48(64)52(54,55)56)45(36(2)3)46(62)57-43(47(63)59-33-18-19-34-59)35-44(61)66-51(39-22-12-9-13-23-39,41-24-14-15-25-42(41)53)40-28-26-38(27-29-40)37-20-10-7-5-6-8-11-21-37/h9,12-15,22-29,36-37,43,45H,4-8,10-11,16-21,30-35H2,1-3H3,(H,57,62)(H,58,64)/t43-,45-,51?/m0/s1. The molecule has 0 spiro atoms. The lowest BCUT2D eigenvalue weighted by Gasteiger charge is -2.40. The molecule has 0 bridgehead atoms. The zero-order chi connectivity index (χ0) is 47.5. The first-order chi connectivity index (χ1) is 31.6. The molecule has 66 heavy (non-hydrogen) atoms. The van der Waals surface area contributed by atoms with Crippen LogP contribution < -0.4 is 10.6 Å². The molecule has 1 aliphatic heterocycles. The van der Waals surface area contributed by atoms with Crippen molar-refractivity contribution in [2.45, 2.75) is 159 Å². The second kappa shape index (κ2) is 22.7. The van der Waals surface area contributed by atoms with E-state index in [0.29, 0.717) is 60.0 Å². The van der Waals surface area contributed by atoms with Gasteiger partial charge in [0.2, 0.25) is 17.7 Å². The molecule has 3 aromatic rings. The predicted octanol–water partition coefficient (Wildman–Crippen LogP) is 10.1. The number of nitrogens with zero attached hydrogens (tertiary/aromatic N) is 2. The van der Waals surface area contributed by atoms with Crippen LogP contribution in [0.4, 0.5) is 13.2 Å². The Labute approximate surface area is 392 Å². The van der Waals surface area contributed by atoms with Gasteiger partial charge in [0, 0.05) is 41.3 Å². The number of ether oxygens (including phenoxy) is 1. The van der Waals surface area contributed by atoms with Crippen LogP contribution in [-0.4, -0.2) is 82.8 Å². The van der Waals surface area contributed by atoms with Gasteiger partial charge in [0.05, 0.1) is 6.42 Å². The number of amides is 4. The van der Waals surface area contributed by atoms with Crippen molar-refractivity contribution in [3.05, 3.63) is 106 Å². The number of nitrogens with one attached hydrogen (secondary N) is 2. The highest BCUT2D eigenvalue weighted by Gasteiger charge is 2.52. The van der Waals surface area contributed by atoms with E-state index in [-0.39, 0.29) is 19.4 Å². The lowest BCUT2D eigenvalue weighted by atomic mass is 9.78. The topological polar surface area (TPSA) is 125 Å². The van der Waals surface area contributed by atoms with E-state index in [1.807, 2.05) is 59.9 Å². The van der Waals surface area contributed by atoms with E-state index >= 15 is 0 Å². The average Bonchev–Trinajstić information content (AvgIpc) is 4.04. The van der Waals surface area contributed by atoms with E-state index in [0.717, 1.165) is 38.5 Å². The molecule has 3 atom stereocenters. The minimum Gasteiger partial charge on any atom is -0.444 e. The van der Waals surface area contributed by atoms with E-state index in [4.69, 9.17) is 16.3 Å². The summed E-state index contributed by atoms with van der Waals surface area (Å²) in [7, 11) is 0. The molecule has 2 aliphatic carbocycles. The highest BCUT2D eigenvalue weighted by molar-refractivity contribution is 6.31. The molecule has 6 rings (SSSR count). The molecule has 3 fully saturated rings. The molecule has 0 aromatic heterocycles. The van der Waals surface area contributed by atoms with Crippen LogP contribution in [0.2, 0.25) is 5.02 Å². The maximum Gasteiger partial charge on any atom is 0.471 e. The van der Waals surface area contributed by atoms with Gasteiger partial charge in [0.25, 0.3) is 0 Å². The number of carbonyl (C=O) groups is 5. The summed E-state index contributed by atoms with van der Waals surface area (Å²) < 4.78 is 47.6. The molecule has 1 unspecified atom stereocenters. The normalized spacial score (nSPS) is 18.8. The molecule has 0 radical (unpaired) electrons. The zero-order valence-corrected chi connectivity index (χ0v) is 39.4. The fourth-order valence-electron chi connectivity index (χ4n) is 10.4. The molecule has 1 saturated heterocycles. The van der Waals surface area contributed by atoms with Gasteiger partial charge < -0.3 is 25.2 Å². The number of likely N-dealkylation sites (tertiary alicyclic amines) is 1. The number of halogens is 4. The Balaban J connectivity index is 1.36. The van der Waals surface area contributed by atoms with Crippen LogP contribution in [0.1, 0.15) is 152 Å². The molecular weight excluding hydrogens is 869 g/mol. The fraction of sp³-hybridized carbons (Fsp3) is 0.558. The quantitative estimate of drug-likeness (QED) is 0.109. The van der Waals surface area contributed by atoms with E-state index in [1.165, 1.54) is 36.1 Å². The summed E-state index contributed by atoms with van der Waals surface area (Å²) in [5, 5.41) is 5.17. The minimum absolute atomic E-state index is 0.0114. The Hall–Kier alpha value is -4.91. The van der Waals surface area contributed by atoms with Crippen molar-refractivity contribution in [3.63, 3.8) is 0 Å². The molecular formula is C52H66ClF3N4O6. The van der Waals surface area contributed by atoms with Crippen molar-refractivity contribution >= 4 is 41.2 Å². The van der Waals surface area contributed by atoms with Crippen LogP contribution >= 0.6 is 11.6 Å². The first-order valence-corrected chi connectivity index (χ1v) is 24.4.